The van der Waals surface area contributed by atoms with E-state index in [2.05, 4.69) is 6.07 Å². The zero-order valence-electron chi connectivity index (χ0n) is 10.4. The largest absolute Gasteiger partial charge is 0.493 e. The van der Waals surface area contributed by atoms with Gasteiger partial charge in [0.2, 0.25) is 0 Å². The van der Waals surface area contributed by atoms with Crippen molar-refractivity contribution in [3.05, 3.63) is 29.3 Å². The van der Waals surface area contributed by atoms with Gasteiger partial charge in [0.1, 0.15) is 5.75 Å². The van der Waals surface area contributed by atoms with Crippen molar-refractivity contribution in [1.29, 1.82) is 0 Å². The summed E-state index contributed by atoms with van der Waals surface area (Å²) in [7, 11) is 0. The number of rotatable bonds is 3. The second-order valence-corrected chi connectivity index (χ2v) is 5.70. The summed E-state index contributed by atoms with van der Waals surface area (Å²) in [6.07, 6.45) is 5.77. The fraction of sp³-hybridized carbons (Fsp3) is 0.600. The Kier molecular flexibility index (Phi) is 2.62. The summed E-state index contributed by atoms with van der Waals surface area (Å²) < 4.78 is 5.50. The van der Waals surface area contributed by atoms with Crippen LogP contribution in [0.15, 0.2) is 18.2 Å². The van der Waals surface area contributed by atoms with Crippen LogP contribution < -0.4 is 4.74 Å². The number of fused-ring (bicyclic) bond motifs is 1. The van der Waals surface area contributed by atoms with E-state index in [-0.39, 0.29) is 0 Å². The fourth-order valence-corrected chi connectivity index (χ4v) is 2.90. The number of hydrogen-bond donors (Lipinski definition) is 1. The molecule has 1 N–H and O–H groups in total. The molecule has 1 fully saturated rings. The first-order valence-corrected chi connectivity index (χ1v) is 6.64. The number of benzene rings is 1. The third-order valence-electron chi connectivity index (χ3n) is 4.22. The third-order valence-corrected chi connectivity index (χ3v) is 4.22. The molecule has 0 amide bonds. The van der Waals surface area contributed by atoms with Crippen molar-refractivity contribution >= 4 is 0 Å². The minimum atomic E-state index is -0.678. The Morgan fingerprint density at radius 3 is 2.94 bits per heavy atom. The molecule has 0 radical (unpaired) electrons. The maximum atomic E-state index is 10.6. The van der Waals surface area contributed by atoms with Gasteiger partial charge in [-0.3, -0.25) is 0 Å². The Morgan fingerprint density at radius 2 is 2.24 bits per heavy atom. The lowest BCUT2D eigenvalue weighted by Gasteiger charge is -2.34. The Bertz CT molecular complexity index is 419. The first-order valence-electron chi connectivity index (χ1n) is 6.64. The zero-order chi connectivity index (χ0) is 11.9. The predicted octanol–water partition coefficient (Wildman–Crippen LogP) is 3.02. The van der Waals surface area contributed by atoms with Crippen LogP contribution >= 0.6 is 0 Å². The summed E-state index contributed by atoms with van der Waals surface area (Å²) in [6.45, 7) is 2.73. The van der Waals surface area contributed by atoms with Crippen molar-refractivity contribution < 1.29 is 9.84 Å². The molecule has 3 rings (SSSR count). The van der Waals surface area contributed by atoms with Crippen LogP contribution in [-0.2, 0) is 12.0 Å². The van der Waals surface area contributed by atoms with Crippen LogP contribution in [0.1, 0.15) is 43.7 Å². The molecule has 0 aromatic heterocycles. The van der Waals surface area contributed by atoms with Crippen LogP contribution in [0.4, 0.5) is 0 Å². The average Bonchev–Trinajstić information content (AvgIpc) is 2.70. The first-order chi connectivity index (χ1) is 8.15. The van der Waals surface area contributed by atoms with Crippen LogP contribution in [0.2, 0.25) is 0 Å². The summed E-state index contributed by atoms with van der Waals surface area (Å²) in [5, 5.41) is 10.6. The van der Waals surface area contributed by atoms with Crippen molar-refractivity contribution in [1.82, 2.24) is 0 Å². The molecule has 0 spiro atoms. The zero-order valence-corrected chi connectivity index (χ0v) is 10.4. The minimum Gasteiger partial charge on any atom is -0.493 e. The highest BCUT2D eigenvalue weighted by molar-refractivity contribution is 5.41. The quantitative estimate of drug-likeness (QED) is 0.868. The Labute approximate surface area is 103 Å². The third kappa shape index (κ3) is 2.06. The van der Waals surface area contributed by atoms with Gasteiger partial charge in [-0.2, -0.15) is 0 Å². The molecular weight excluding hydrogens is 212 g/mol. The van der Waals surface area contributed by atoms with E-state index in [0.29, 0.717) is 0 Å². The molecule has 0 bridgehead atoms. The van der Waals surface area contributed by atoms with E-state index in [1.807, 2.05) is 19.1 Å². The Morgan fingerprint density at radius 1 is 1.41 bits per heavy atom. The highest BCUT2D eigenvalue weighted by Gasteiger charge is 2.31. The molecule has 1 aliphatic carbocycles. The van der Waals surface area contributed by atoms with Crippen molar-refractivity contribution in [2.45, 2.75) is 44.6 Å². The van der Waals surface area contributed by atoms with Crippen molar-refractivity contribution in [3.63, 3.8) is 0 Å². The standard InChI is InChI=1S/C15H20O2/c1-15(16,10-11-3-2-4-11)13-5-6-14-12(9-13)7-8-17-14/h5-6,9,11,16H,2-4,7-8,10H2,1H3. The number of ether oxygens (including phenoxy) is 1. The minimum absolute atomic E-state index is 0.678. The second kappa shape index (κ2) is 4.02. The molecule has 2 heteroatoms. The normalized spacial score (nSPS) is 22.5. The lowest BCUT2D eigenvalue weighted by Crippen LogP contribution is -2.28. The second-order valence-electron chi connectivity index (χ2n) is 5.70. The molecule has 1 heterocycles. The smallest absolute Gasteiger partial charge is 0.122 e. The van der Waals surface area contributed by atoms with Crippen LogP contribution in [0, 0.1) is 5.92 Å². The first kappa shape index (κ1) is 11.1. The van der Waals surface area contributed by atoms with E-state index < -0.39 is 5.60 Å². The van der Waals surface area contributed by atoms with Crippen LogP contribution in [0.3, 0.4) is 0 Å². The average molecular weight is 232 g/mol. The summed E-state index contributed by atoms with van der Waals surface area (Å²) in [5.41, 5.74) is 1.62. The Balaban J connectivity index is 1.81. The summed E-state index contributed by atoms with van der Waals surface area (Å²) in [5.74, 6) is 1.71. The molecule has 0 saturated heterocycles. The molecular formula is C15H20O2. The van der Waals surface area contributed by atoms with E-state index in [0.717, 1.165) is 36.7 Å². The lowest BCUT2D eigenvalue weighted by atomic mass is 9.75. The molecule has 1 aromatic carbocycles. The van der Waals surface area contributed by atoms with Gasteiger partial charge >= 0.3 is 0 Å². The Hall–Kier alpha value is -1.02. The molecule has 1 saturated carbocycles. The van der Waals surface area contributed by atoms with Gasteiger partial charge in [0.05, 0.1) is 12.2 Å². The maximum Gasteiger partial charge on any atom is 0.122 e. The van der Waals surface area contributed by atoms with E-state index in [1.165, 1.54) is 24.8 Å². The van der Waals surface area contributed by atoms with Gasteiger partial charge in [0, 0.05) is 6.42 Å². The highest BCUT2D eigenvalue weighted by Crippen LogP contribution is 2.39. The summed E-state index contributed by atoms with van der Waals surface area (Å²) in [6, 6.07) is 6.15. The molecule has 1 aliphatic heterocycles. The van der Waals surface area contributed by atoms with E-state index in [1.54, 1.807) is 0 Å². The number of aliphatic hydroxyl groups is 1. The summed E-state index contributed by atoms with van der Waals surface area (Å²) >= 11 is 0. The van der Waals surface area contributed by atoms with Crippen molar-refractivity contribution in [3.8, 4) is 5.75 Å². The molecule has 1 aromatic rings. The van der Waals surface area contributed by atoms with Gasteiger partial charge in [0.15, 0.2) is 0 Å². The van der Waals surface area contributed by atoms with Gasteiger partial charge in [-0.15, -0.1) is 0 Å². The van der Waals surface area contributed by atoms with Crippen molar-refractivity contribution in [2.24, 2.45) is 5.92 Å². The van der Waals surface area contributed by atoms with Crippen LogP contribution in [0.5, 0.6) is 5.75 Å². The molecule has 92 valence electrons. The van der Waals surface area contributed by atoms with E-state index in [4.69, 9.17) is 4.74 Å². The maximum absolute atomic E-state index is 10.6. The van der Waals surface area contributed by atoms with Gasteiger partial charge in [-0.25, -0.2) is 0 Å². The molecule has 1 unspecified atom stereocenters. The van der Waals surface area contributed by atoms with Crippen LogP contribution in [0.25, 0.3) is 0 Å². The predicted molar refractivity (Wildman–Crippen MR) is 67.2 cm³/mol. The molecule has 2 nitrogen and oxygen atoms in total. The van der Waals surface area contributed by atoms with Gasteiger partial charge in [-0.05, 0) is 42.5 Å². The molecule has 1 atom stereocenters. The monoisotopic (exact) mass is 232 g/mol. The van der Waals surface area contributed by atoms with E-state index >= 15 is 0 Å². The lowest BCUT2D eigenvalue weighted by molar-refractivity contribution is 0.0161. The summed E-state index contributed by atoms with van der Waals surface area (Å²) in [4.78, 5) is 0. The highest BCUT2D eigenvalue weighted by atomic mass is 16.5. The number of hydrogen-bond acceptors (Lipinski definition) is 2. The fourth-order valence-electron chi connectivity index (χ4n) is 2.90. The molecule has 17 heavy (non-hydrogen) atoms. The van der Waals surface area contributed by atoms with Gasteiger partial charge in [0.25, 0.3) is 0 Å². The van der Waals surface area contributed by atoms with Crippen LogP contribution in [-0.4, -0.2) is 11.7 Å². The van der Waals surface area contributed by atoms with Gasteiger partial charge < -0.3 is 9.84 Å². The SMILES string of the molecule is CC(O)(CC1CCC1)c1ccc2c(c1)CCO2. The van der Waals surface area contributed by atoms with Gasteiger partial charge in [-0.1, -0.05) is 25.3 Å². The van der Waals surface area contributed by atoms with Crippen molar-refractivity contribution in [2.75, 3.05) is 6.61 Å². The molecule has 2 aliphatic rings. The van der Waals surface area contributed by atoms with E-state index in [9.17, 15) is 5.11 Å². The topological polar surface area (TPSA) is 29.5 Å².